The number of rotatable bonds is 3. The van der Waals surface area contributed by atoms with E-state index in [0.29, 0.717) is 0 Å². The van der Waals surface area contributed by atoms with Crippen molar-refractivity contribution in [3.8, 4) is 0 Å². The molecule has 0 radical (unpaired) electrons. The van der Waals surface area contributed by atoms with Gasteiger partial charge in [0.1, 0.15) is 0 Å². The first kappa shape index (κ1) is 12.8. The smallest absolute Gasteiger partial charge is 0.00764 e. The average molecular weight is 217 g/mol. The minimum absolute atomic E-state index is 0.746. The lowest BCUT2D eigenvalue weighted by Gasteiger charge is -2.10. The molecule has 1 unspecified atom stereocenters. The fraction of sp³-hybridized carbons (Fsp3) is 0.467. The van der Waals surface area contributed by atoms with Crippen LogP contribution in [-0.2, 0) is 0 Å². The zero-order valence-electron chi connectivity index (χ0n) is 10.5. The molecule has 1 heterocycles. The van der Waals surface area contributed by atoms with E-state index < -0.39 is 0 Å². The second kappa shape index (κ2) is 7.10. The number of nitrogens with one attached hydrogen (secondary N) is 1. The van der Waals surface area contributed by atoms with Gasteiger partial charge in [0, 0.05) is 11.9 Å². The highest BCUT2D eigenvalue weighted by atomic mass is 14.8. The molecule has 0 aromatic heterocycles. The molecule has 1 aliphatic rings. The van der Waals surface area contributed by atoms with E-state index in [1.807, 2.05) is 6.20 Å². The van der Waals surface area contributed by atoms with E-state index in [1.165, 1.54) is 12.0 Å². The van der Waals surface area contributed by atoms with Gasteiger partial charge in [-0.15, -0.1) is 0 Å². The Hall–Kier alpha value is -1.24. The molecule has 0 saturated heterocycles. The van der Waals surface area contributed by atoms with Gasteiger partial charge in [-0.1, -0.05) is 45.1 Å². The highest BCUT2D eigenvalue weighted by molar-refractivity contribution is 5.25. The third-order valence-corrected chi connectivity index (χ3v) is 2.93. The van der Waals surface area contributed by atoms with Crippen LogP contribution in [0.1, 0.15) is 39.5 Å². The highest BCUT2D eigenvalue weighted by Crippen LogP contribution is 2.16. The summed E-state index contributed by atoms with van der Waals surface area (Å²) in [5, 5.41) is 3.22. The molecule has 0 fully saturated rings. The van der Waals surface area contributed by atoms with Crippen molar-refractivity contribution in [1.29, 1.82) is 0 Å². The Morgan fingerprint density at radius 3 is 3.06 bits per heavy atom. The molecule has 16 heavy (non-hydrogen) atoms. The van der Waals surface area contributed by atoms with Gasteiger partial charge in [0.2, 0.25) is 0 Å². The standard InChI is InChI=1S/C15H23N/c1-4-13(2)12-15-9-7-5-6-8-14(3)16-11-10-15/h5,7,9-11,13,16H,3-4,6,8,12H2,1-2H3/b7-5+,11-10+,15-9+. The van der Waals surface area contributed by atoms with Crippen LogP contribution in [0.15, 0.2) is 48.4 Å². The number of allylic oxidation sites excluding steroid dienone is 6. The maximum absolute atomic E-state index is 3.97. The van der Waals surface area contributed by atoms with E-state index in [4.69, 9.17) is 0 Å². The summed E-state index contributed by atoms with van der Waals surface area (Å²) in [5.41, 5.74) is 2.47. The van der Waals surface area contributed by atoms with Crippen molar-refractivity contribution in [3.63, 3.8) is 0 Å². The molecule has 1 aliphatic heterocycles. The van der Waals surface area contributed by atoms with Gasteiger partial charge in [-0.25, -0.2) is 0 Å². The Labute approximate surface area is 99.6 Å². The highest BCUT2D eigenvalue weighted by Gasteiger charge is 2.01. The van der Waals surface area contributed by atoms with Crippen LogP contribution in [0.4, 0.5) is 0 Å². The molecule has 0 aliphatic carbocycles. The first-order chi connectivity index (χ1) is 7.72. The summed E-state index contributed by atoms with van der Waals surface area (Å²) in [6.07, 6.45) is 15.2. The van der Waals surface area contributed by atoms with Gasteiger partial charge in [-0.2, -0.15) is 0 Å². The summed E-state index contributed by atoms with van der Waals surface area (Å²) < 4.78 is 0. The van der Waals surface area contributed by atoms with E-state index in [-0.39, 0.29) is 0 Å². The summed E-state index contributed by atoms with van der Waals surface area (Å²) in [6.45, 7) is 8.51. The van der Waals surface area contributed by atoms with Gasteiger partial charge in [0.15, 0.2) is 0 Å². The number of hydrogen-bond donors (Lipinski definition) is 1. The summed E-state index contributed by atoms with van der Waals surface area (Å²) in [6, 6.07) is 0. The van der Waals surface area contributed by atoms with Gasteiger partial charge in [0.25, 0.3) is 0 Å². The predicted molar refractivity (Wildman–Crippen MR) is 71.9 cm³/mol. The molecule has 88 valence electrons. The molecule has 1 rings (SSSR count). The van der Waals surface area contributed by atoms with Crippen molar-refractivity contribution in [2.75, 3.05) is 0 Å². The van der Waals surface area contributed by atoms with Crippen LogP contribution in [-0.4, -0.2) is 0 Å². The van der Waals surface area contributed by atoms with Crippen LogP contribution in [0.2, 0.25) is 0 Å². The first-order valence-electron chi connectivity index (χ1n) is 6.19. The van der Waals surface area contributed by atoms with Crippen molar-refractivity contribution >= 4 is 0 Å². The zero-order valence-corrected chi connectivity index (χ0v) is 10.5. The summed E-state index contributed by atoms with van der Waals surface area (Å²) >= 11 is 0. The fourth-order valence-corrected chi connectivity index (χ4v) is 1.62. The monoisotopic (exact) mass is 217 g/mol. The van der Waals surface area contributed by atoms with Gasteiger partial charge in [-0.3, -0.25) is 0 Å². The average Bonchev–Trinajstić information content (AvgIpc) is 2.28. The molecule has 0 saturated carbocycles. The largest absolute Gasteiger partial charge is 0.365 e. The SMILES string of the molecule is C=C1CC/C=C/C=C(CC(C)CC)\C=C\N1. The molecule has 0 amide bonds. The molecule has 0 aromatic rings. The maximum atomic E-state index is 3.97. The lowest BCUT2D eigenvalue weighted by molar-refractivity contribution is 0.562. The second-order valence-corrected chi connectivity index (χ2v) is 4.51. The Kier molecular flexibility index (Phi) is 5.69. The first-order valence-corrected chi connectivity index (χ1v) is 6.19. The molecular weight excluding hydrogens is 194 g/mol. The van der Waals surface area contributed by atoms with Crippen molar-refractivity contribution < 1.29 is 0 Å². The molecule has 0 spiro atoms. The van der Waals surface area contributed by atoms with E-state index in [0.717, 1.165) is 30.9 Å². The zero-order chi connectivity index (χ0) is 11.8. The minimum Gasteiger partial charge on any atom is -0.365 e. The Morgan fingerprint density at radius 1 is 1.50 bits per heavy atom. The Balaban J connectivity index is 2.67. The van der Waals surface area contributed by atoms with Crippen molar-refractivity contribution in [2.24, 2.45) is 5.92 Å². The molecule has 1 nitrogen and oxygen atoms in total. The molecule has 1 N–H and O–H groups in total. The molecular formula is C15H23N. The third kappa shape index (κ3) is 5.01. The van der Waals surface area contributed by atoms with Gasteiger partial charge < -0.3 is 5.32 Å². The van der Waals surface area contributed by atoms with E-state index >= 15 is 0 Å². The lowest BCUT2D eigenvalue weighted by atomic mass is 9.98. The number of hydrogen-bond acceptors (Lipinski definition) is 1. The molecule has 1 atom stereocenters. The van der Waals surface area contributed by atoms with E-state index in [9.17, 15) is 0 Å². The normalized spacial score (nSPS) is 26.1. The minimum atomic E-state index is 0.746. The van der Waals surface area contributed by atoms with Crippen molar-refractivity contribution in [2.45, 2.75) is 39.5 Å². The fourth-order valence-electron chi connectivity index (χ4n) is 1.62. The second-order valence-electron chi connectivity index (χ2n) is 4.51. The summed E-state index contributed by atoms with van der Waals surface area (Å²) in [5.74, 6) is 0.746. The summed E-state index contributed by atoms with van der Waals surface area (Å²) in [7, 11) is 0. The van der Waals surface area contributed by atoms with Crippen LogP contribution in [0, 0.1) is 5.92 Å². The van der Waals surface area contributed by atoms with E-state index in [1.54, 1.807) is 0 Å². The Morgan fingerprint density at radius 2 is 2.31 bits per heavy atom. The topological polar surface area (TPSA) is 12.0 Å². The predicted octanol–water partition coefficient (Wildman–Crippen LogP) is 4.32. The van der Waals surface area contributed by atoms with Crippen molar-refractivity contribution in [3.05, 3.63) is 48.4 Å². The third-order valence-electron chi connectivity index (χ3n) is 2.93. The van der Waals surface area contributed by atoms with Crippen LogP contribution >= 0.6 is 0 Å². The van der Waals surface area contributed by atoms with Gasteiger partial charge in [-0.05, 0) is 36.8 Å². The van der Waals surface area contributed by atoms with Crippen LogP contribution in [0.25, 0.3) is 0 Å². The quantitative estimate of drug-likeness (QED) is 0.742. The van der Waals surface area contributed by atoms with Crippen LogP contribution < -0.4 is 5.32 Å². The molecule has 0 aromatic carbocycles. The van der Waals surface area contributed by atoms with Gasteiger partial charge >= 0.3 is 0 Å². The van der Waals surface area contributed by atoms with Crippen molar-refractivity contribution in [1.82, 2.24) is 5.32 Å². The Bertz CT molecular complexity index is 307. The van der Waals surface area contributed by atoms with Crippen LogP contribution in [0.5, 0.6) is 0 Å². The van der Waals surface area contributed by atoms with Gasteiger partial charge in [0.05, 0.1) is 0 Å². The lowest BCUT2D eigenvalue weighted by Crippen LogP contribution is -2.03. The van der Waals surface area contributed by atoms with Crippen LogP contribution in [0.3, 0.4) is 0 Å². The maximum Gasteiger partial charge on any atom is 0.00764 e. The van der Waals surface area contributed by atoms with E-state index in [2.05, 4.69) is 50.0 Å². The summed E-state index contributed by atoms with van der Waals surface area (Å²) in [4.78, 5) is 0. The molecule has 0 bridgehead atoms. The molecule has 1 heteroatoms.